The van der Waals surface area contributed by atoms with Crippen LogP contribution < -0.4 is 0 Å². The van der Waals surface area contributed by atoms with Crippen molar-refractivity contribution in [3.8, 4) is 17.3 Å². The van der Waals surface area contributed by atoms with Crippen molar-refractivity contribution in [2.45, 2.75) is 32.7 Å². The van der Waals surface area contributed by atoms with Crippen LogP contribution in [-0.2, 0) is 0 Å². The molecule has 98 valence electrons. The Hall–Kier alpha value is -1.79. The van der Waals surface area contributed by atoms with Crippen LogP contribution in [0.4, 0.5) is 0 Å². The minimum Gasteiger partial charge on any atom is -0.249 e. The van der Waals surface area contributed by atoms with E-state index >= 15 is 0 Å². The Labute approximate surface area is 118 Å². The molecule has 2 aromatic rings. The first-order valence-corrected chi connectivity index (χ1v) is 6.84. The summed E-state index contributed by atoms with van der Waals surface area (Å²) < 4.78 is 1.78. The van der Waals surface area contributed by atoms with E-state index in [2.05, 4.69) is 25.0 Å². The van der Waals surface area contributed by atoms with Gasteiger partial charge in [-0.1, -0.05) is 55.8 Å². The van der Waals surface area contributed by atoms with Crippen molar-refractivity contribution in [1.29, 1.82) is 5.26 Å². The van der Waals surface area contributed by atoms with Crippen LogP contribution in [0.1, 0.15) is 38.3 Å². The summed E-state index contributed by atoms with van der Waals surface area (Å²) in [7, 11) is 0. The van der Waals surface area contributed by atoms with Crippen LogP contribution in [0.25, 0.3) is 11.3 Å². The SMILES string of the molecule is CCC(CC)n1nc(-c2ccccc2)c(C#N)c1Cl. The molecule has 0 saturated heterocycles. The summed E-state index contributed by atoms with van der Waals surface area (Å²) in [5.74, 6) is 0. The predicted molar refractivity (Wildman–Crippen MR) is 77.0 cm³/mol. The molecular weight excluding hydrogens is 258 g/mol. The molecule has 19 heavy (non-hydrogen) atoms. The van der Waals surface area contributed by atoms with Gasteiger partial charge in [0.25, 0.3) is 0 Å². The van der Waals surface area contributed by atoms with Crippen LogP contribution in [0.15, 0.2) is 30.3 Å². The van der Waals surface area contributed by atoms with Gasteiger partial charge in [-0.3, -0.25) is 0 Å². The van der Waals surface area contributed by atoms with E-state index < -0.39 is 0 Å². The zero-order chi connectivity index (χ0) is 13.8. The van der Waals surface area contributed by atoms with Gasteiger partial charge < -0.3 is 0 Å². The lowest BCUT2D eigenvalue weighted by Gasteiger charge is -2.13. The quantitative estimate of drug-likeness (QED) is 0.826. The van der Waals surface area contributed by atoms with Gasteiger partial charge in [-0.25, -0.2) is 4.68 Å². The van der Waals surface area contributed by atoms with Gasteiger partial charge in [0.1, 0.15) is 22.5 Å². The van der Waals surface area contributed by atoms with Crippen molar-refractivity contribution in [3.63, 3.8) is 0 Å². The molecule has 0 aliphatic carbocycles. The second-order valence-electron chi connectivity index (χ2n) is 4.41. The van der Waals surface area contributed by atoms with Gasteiger partial charge in [0.15, 0.2) is 0 Å². The van der Waals surface area contributed by atoms with E-state index in [1.807, 2.05) is 30.3 Å². The Morgan fingerprint density at radius 3 is 2.42 bits per heavy atom. The van der Waals surface area contributed by atoms with E-state index in [0.717, 1.165) is 18.4 Å². The molecule has 1 heterocycles. The maximum atomic E-state index is 9.31. The van der Waals surface area contributed by atoms with Crippen molar-refractivity contribution in [3.05, 3.63) is 41.0 Å². The number of hydrogen-bond donors (Lipinski definition) is 0. The Bertz CT molecular complexity index is 592. The molecule has 1 aromatic carbocycles. The smallest absolute Gasteiger partial charge is 0.145 e. The Morgan fingerprint density at radius 1 is 1.26 bits per heavy atom. The van der Waals surface area contributed by atoms with Crippen LogP contribution in [0.5, 0.6) is 0 Å². The van der Waals surface area contributed by atoms with E-state index in [0.29, 0.717) is 16.4 Å². The topological polar surface area (TPSA) is 41.6 Å². The molecule has 0 N–H and O–H groups in total. The summed E-state index contributed by atoms with van der Waals surface area (Å²) in [6.45, 7) is 4.20. The van der Waals surface area contributed by atoms with Gasteiger partial charge in [-0.15, -0.1) is 0 Å². The summed E-state index contributed by atoms with van der Waals surface area (Å²) in [5, 5.41) is 14.3. The van der Waals surface area contributed by atoms with E-state index in [1.54, 1.807) is 4.68 Å². The highest BCUT2D eigenvalue weighted by atomic mass is 35.5. The van der Waals surface area contributed by atoms with Crippen LogP contribution in [0.3, 0.4) is 0 Å². The molecule has 0 spiro atoms. The van der Waals surface area contributed by atoms with E-state index in [9.17, 15) is 5.26 Å². The molecule has 0 unspecified atom stereocenters. The molecule has 0 bridgehead atoms. The van der Waals surface area contributed by atoms with Gasteiger partial charge in [-0.2, -0.15) is 10.4 Å². The number of hydrogen-bond acceptors (Lipinski definition) is 2. The first-order valence-electron chi connectivity index (χ1n) is 6.46. The van der Waals surface area contributed by atoms with Gasteiger partial charge in [0.05, 0.1) is 6.04 Å². The Kier molecular flexibility index (Phi) is 4.24. The number of aromatic nitrogens is 2. The molecule has 0 atom stereocenters. The third-order valence-electron chi connectivity index (χ3n) is 3.30. The number of nitrogens with zero attached hydrogens (tertiary/aromatic N) is 3. The Morgan fingerprint density at radius 2 is 1.89 bits per heavy atom. The van der Waals surface area contributed by atoms with Crippen molar-refractivity contribution >= 4 is 11.6 Å². The highest BCUT2D eigenvalue weighted by Crippen LogP contribution is 2.31. The fourth-order valence-corrected chi connectivity index (χ4v) is 2.50. The summed E-state index contributed by atoms with van der Waals surface area (Å²) in [6.07, 6.45) is 1.88. The molecule has 3 nitrogen and oxygen atoms in total. The first-order chi connectivity index (χ1) is 9.22. The van der Waals surface area contributed by atoms with Crippen LogP contribution in [0.2, 0.25) is 5.15 Å². The second kappa shape index (κ2) is 5.90. The lowest BCUT2D eigenvalue weighted by molar-refractivity contribution is 0.430. The molecular formula is C15H16ClN3. The number of rotatable bonds is 4. The zero-order valence-corrected chi connectivity index (χ0v) is 11.9. The molecule has 0 radical (unpaired) electrons. The van der Waals surface area contributed by atoms with Gasteiger partial charge in [0, 0.05) is 5.56 Å². The van der Waals surface area contributed by atoms with E-state index in [4.69, 9.17) is 11.6 Å². The standard InChI is InChI=1S/C15H16ClN3/c1-3-12(4-2)19-15(16)13(10-17)14(18-19)11-8-6-5-7-9-11/h5-9,12H,3-4H2,1-2H3. The number of halogens is 1. The highest BCUT2D eigenvalue weighted by Gasteiger charge is 2.20. The second-order valence-corrected chi connectivity index (χ2v) is 4.77. The van der Waals surface area contributed by atoms with Crippen LogP contribution in [0, 0.1) is 11.3 Å². The minimum absolute atomic E-state index is 0.233. The number of benzene rings is 1. The molecule has 0 aliphatic heterocycles. The maximum absolute atomic E-state index is 9.31. The van der Waals surface area contributed by atoms with E-state index in [1.165, 1.54) is 0 Å². The first kappa shape index (κ1) is 13.6. The van der Waals surface area contributed by atoms with Crippen molar-refractivity contribution in [1.82, 2.24) is 9.78 Å². The van der Waals surface area contributed by atoms with Gasteiger partial charge >= 0.3 is 0 Å². The normalized spacial score (nSPS) is 10.7. The molecule has 0 aliphatic rings. The average molecular weight is 274 g/mol. The average Bonchev–Trinajstić information content (AvgIpc) is 2.78. The third kappa shape index (κ3) is 2.50. The molecule has 0 saturated carbocycles. The molecule has 0 fully saturated rings. The predicted octanol–water partition coefficient (Wildman–Crippen LogP) is 4.44. The third-order valence-corrected chi connectivity index (χ3v) is 3.66. The molecule has 1 aromatic heterocycles. The summed E-state index contributed by atoms with van der Waals surface area (Å²) >= 11 is 6.31. The molecule has 0 amide bonds. The zero-order valence-electron chi connectivity index (χ0n) is 11.1. The summed E-state index contributed by atoms with van der Waals surface area (Å²) in [4.78, 5) is 0. The van der Waals surface area contributed by atoms with Gasteiger partial charge in [0.2, 0.25) is 0 Å². The molecule has 4 heteroatoms. The Balaban J connectivity index is 2.58. The van der Waals surface area contributed by atoms with Gasteiger partial charge in [-0.05, 0) is 12.8 Å². The largest absolute Gasteiger partial charge is 0.249 e. The monoisotopic (exact) mass is 273 g/mol. The van der Waals surface area contributed by atoms with Crippen molar-refractivity contribution < 1.29 is 0 Å². The van der Waals surface area contributed by atoms with Crippen LogP contribution >= 0.6 is 11.6 Å². The van der Waals surface area contributed by atoms with E-state index in [-0.39, 0.29) is 6.04 Å². The van der Waals surface area contributed by atoms with Crippen molar-refractivity contribution in [2.24, 2.45) is 0 Å². The summed E-state index contributed by atoms with van der Waals surface area (Å²) in [6, 6.07) is 12.1. The highest BCUT2D eigenvalue weighted by molar-refractivity contribution is 6.31. The fourth-order valence-electron chi connectivity index (χ4n) is 2.19. The van der Waals surface area contributed by atoms with Crippen LogP contribution in [-0.4, -0.2) is 9.78 Å². The number of nitriles is 1. The molecule has 2 rings (SSSR count). The minimum atomic E-state index is 0.233. The van der Waals surface area contributed by atoms with Crippen molar-refractivity contribution in [2.75, 3.05) is 0 Å². The maximum Gasteiger partial charge on any atom is 0.145 e. The fraction of sp³-hybridized carbons (Fsp3) is 0.333. The lowest BCUT2D eigenvalue weighted by Crippen LogP contribution is -2.08. The summed E-state index contributed by atoms with van der Waals surface area (Å²) in [5.41, 5.74) is 2.05. The lowest BCUT2D eigenvalue weighted by atomic mass is 10.1.